The molecule has 1 aromatic carbocycles. The maximum Gasteiger partial charge on any atom is 0.336 e. The molecule has 2 aliphatic heterocycles. The van der Waals surface area contributed by atoms with E-state index < -0.39 is 90.6 Å². The van der Waals surface area contributed by atoms with Gasteiger partial charge in [0.1, 0.15) is 47.5 Å². The fourth-order valence-corrected chi connectivity index (χ4v) is 8.52. The quantitative estimate of drug-likeness (QED) is 0.138. The highest BCUT2D eigenvalue weighted by molar-refractivity contribution is 5.77. The average Bonchev–Trinajstić information content (AvgIpc) is 3.35. The van der Waals surface area contributed by atoms with Crippen LogP contribution in [0.1, 0.15) is 40.0 Å². The lowest BCUT2D eigenvalue weighted by Crippen LogP contribution is -2.64. The molecule has 2 saturated heterocycles. The number of aliphatic hydroxyl groups is 7. The Morgan fingerprint density at radius 3 is 2.43 bits per heavy atom. The lowest BCUT2D eigenvalue weighted by Gasteiger charge is -2.61. The predicted octanol–water partition coefficient (Wildman–Crippen LogP) is 0.201. The molecule has 0 unspecified atom stereocenters. The maximum absolute atomic E-state index is 11.8. The van der Waals surface area contributed by atoms with E-state index in [1.807, 2.05) is 26.0 Å². The van der Waals surface area contributed by atoms with Gasteiger partial charge in [0.15, 0.2) is 12.6 Å². The minimum absolute atomic E-state index is 0.163. The number of benzene rings is 1. The molecule has 0 amide bonds. The van der Waals surface area contributed by atoms with E-state index >= 15 is 0 Å². The highest BCUT2D eigenvalue weighted by Crippen LogP contribution is 2.61. The molecule has 49 heavy (non-hydrogen) atoms. The summed E-state index contributed by atoms with van der Waals surface area (Å²) >= 11 is 0. The van der Waals surface area contributed by atoms with Crippen LogP contribution < -0.4 is 10.4 Å². The first-order chi connectivity index (χ1) is 23.1. The normalized spacial score (nSPS) is 42.2. The van der Waals surface area contributed by atoms with Crippen molar-refractivity contribution in [2.24, 2.45) is 22.7 Å². The van der Waals surface area contributed by atoms with Gasteiger partial charge in [-0.05, 0) is 54.2 Å². The Hall–Kier alpha value is -2.47. The van der Waals surface area contributed by atoms with Gasteiger partial charge in [0.05, 0.1) is 38.6 Å². The van der Waals surface area contributed by atoms with Crippen molar-refractivity contribution in [1.29, 1.82) is 0 Å². The van der Waals surface area contributed by atoms with Crippen molar-refractivity contribution in [2.75, 3.05) is 26.4 Å². The molecule has 13 atom stereocenters. The molecule has 2 aromatic rings. The van der Waals surface area contributed by atoms with Crippen LogP contribution in [0.3, 0.4) is 0 Å². The number of rotatable bonds is 9. The van der Waals surface area contributed by atoms with Gasteiger partial charge in [-0.3, -0.25) is 0 Å². The zero-order valence-corrected chi connectivity index (χ0v) is 27.9. The highest BCUT2D eigenvalue weighted by atomic mass is 16.7. The molecule has 0 bridgehead atoms. The van der Waals surface area contributed by atoms with Crippen LogP contribution >= 0.6 is 0 Å². The second-order valence-corrected chi connectivity index (χ2v) is 14.9. The second-order valence-electron chi connectivity index (χ2n) is 14.9. The third-order valence-corrected chi connectivity index (χ3v) is 11.4. The van der Waals surface area contributed by atoms with Crippen molar-refractivity contribution < 1.29 is 63.8 Å². The first-order valence-corrected chi connectivity index (χ1v) is 16.7. The number of ether oxygens (including phenoxy) is 5. The zero-order valence-electron chi connectivity index (χ0n) is 27.9. The molecule has 3 heterocycles. The monoisotopic (exact) mass is 692 g/mol. The average molecular weight is 693 g/mol. The van der Waals surface area contributed by atoms with Crippen LogP contribution in [0.5, 0.6) is 5.75 Å². The van der Waals surface area contributed by atoms with Gasteiger partial charge in [-0.15, -0.1) is 0 Å². The van der Waals surface area contributed by atoms with Crippen LogP contribution in [0.15, 0.2) is 51.7 Å². The van der Waals surface area contributed by atoms with Gasteiger partial charge in [0.2, 0.25) is 0 Å². The van der Waals surface area contributed by atoms with Gasteiger partial charge in [-0.1, -0.05) is 32.9 Å². The largest absolute Gasteiger partial charge is 0.493 e. The highest BCUT2D eigenvalue weighted by Gasteiger charge is 2.61. The van der Waals surface area contributed by atoms with Crippen LogP contribution in [0.25, 0.3) is 11.0 Å². The molecule has 0 spiro atoms. The van der Waals surface area contributed by atoms with E-state index in [2.05, 4.69) is 13.5 Å². The van der Waals surface area contributed by atoms with E-state index in [1.165, 1.54) is 6.07 Å². The summed E-state index contributed by atoms with van der Waals surface area (Å²) in [5.41, 5.74) is -2.29. The van der Waals surface area contributed by atoms with Crippen molar-refractivity contribution in [3.8, 4) is 5.75 Å². The number of aliphatic hydroxyl groups excluding tert-OH is 6. The van der Waals surface area contributed by atoms with E-state index in [0.717, 1.165) is 11.0 Å². The Bertz CT molecular complexity index is 1560. The van der Waals surface area contributed by atoms with Crippen molar-refractivity contribution in [3.63, 3.8) is 0 Å². The Labute approximate surface area is 283 Å². The molecule has 4 fully saturated rings. The van der Waals surface area contributed by atoms with Gasteiger partial charge in [-0.25, -0.2) is 4.79 Å². The molecule has 2 saturated carbocycles. The third kappa shape index (κ3) is 6.58. The Morgan fingerprint density at radius 2 is 1.71 bits per heavy atom. The molecule has 14 nitrogen and oxygen atoms in total. The van der Waals surface area contributed by atoms with Crippen molar-refractivity contribution in [3.05, 3.63) is 52.9 Å². The van der Waals surface area contributed by atoms with Crippen LogP contribution in [-0.2, 0) is 18.9 Å². The third-order valence-electron chi connectivity index (χ3n) is 11.4. The maximum atomic E-state index is 11.8. The minimum Gasteiger partial charge on any atom is -0.493 e. The topological polar surface area (TPSA) is 218 Å². The molecule has 6 rings (SSSR count). The first-order valence-electron chi connectivity index (χ1n) is 16.7. The summed E-state index contributed by atoms with van der Waals surface area (Å²) in [6.07, 6.45) is -10.3. The first kappa shape index (κ1) is 36.3. The molecule has 14 heteroatoms. The van der Waals surface area contributed by atoms with E-state index in [-0.39, 0.29) is 25.0 Å². The van der Waals surface area contributed by atoms with Crippen molar-refractivity contribution in [1.82, 2.24) is 0 Å². The van der Waals surface area contributed by atoms with E-state index in [9.17, 15) is 40.5 Å². The molecular weight excluding hydrogens is 644 g/mol. The van der Waals surface area contributed by atoms with Crippen LogP contribution in [0.4, 0.5) is 0 Å². The van der Waals surface area contributed by atoms with E-state index in [4.69, 9.17) is 28.1 Å². The van der Waals surface area contributed by atoms with Crippen molar-refractivity contribution >= 4 is 11.0 Å². The number of fused-ring (bicyclic) bond motifs is 2. The molecule has 2 aliphatic carbocycles. The Balaban J connectivity index is 1.19. The fraction of sp³-hybridized carbons (Fsp3) is 0.686. The smallest absolute Gasteiger partial charge is 0.336 e. The van der Waals surface area contributed by atoms with Gasteiger partial charge in [0.25, 0.3) is 0 Å². The number of hydrogen-bond donors (Lipinski definition) is 7. The van der Waals surface area contributed by atoms with Gasteiger partial charge in [0, 0.05) is 23.4 Å². The molecule has 272 valence electrons. The molecule has 0 radical (unpaired) electrons. The number of hydrogen-bond acceptors (Lipinski definition) is 14. The summed E-state index contributed by atoms with van der Waals surface area (Å²) in [7, 11) is 0. The standard InChI is InChI=1S/C35H48O14/c1-17-11-22(48-31-28(41)27(40)26(39)23(49-31)14-45-32-30(42)35(43,15-36)16-46-32)29-33(2,3)24(37)9-10-34(29,4)20(17)13-44-19-7-5-18-6-8-25(38)47-21(18)12-19/h5-8,12,20,22-24,26-32,36-37,39-43H,1,9-11,13-16H2,2-4H3/t20-,22-,23-,24-,26-,27+,28-,29-,30+,31-,32-,34+,35-/m1/s1. The lowest BCUT2D eigenvalue weighted by molar-refractivity contribution is -0.332. The predicted molar refractivity (Wildman–Crippen MR) is 171 cm³/mol. The zero-order chi connectivity index (χ0) is 35.5. The SMILES string of the molecule is C=C1C[C@@H](O[C@@H]2O[C@H](CO[C@@H]3OC[C@](O)(CO)[C@H]3O)[C@@H](O)[C@H](O)[C@H]2O)[C@@H]2C(C)(C)[C@H](O)CC[C@@]2(C)[C@@H]1COc1ccc2ccc(=O)oc2c1. The Kier molecular flexibility index (Phi) is 10.1. The van der Waals surface area contributed by atoms with Gasteiger partial charge in [-0.2, -0.15) is 0 Å². The van der Waals surface area contributed by atoms with Crippen LogP contribution in [-0.4, -0.2) is 123 Å². The molecule has 7 N–H and O–H groups in total. The second kappa shape index (κ2) is 13.6. The summed E-state index contributed by atoms with van der Waals surface area (Å²) < 4.78 is 34.9. The Morgan fingerprint density at radius 1 is 0.980 bits per heavy atom. The van der Waals surface area contributed by atoms with Crippen LogP contribution in [0, 0.1) is 22.7 Å². The molecule has 4 aliphatic rings. The summed E-state index contributed by atoms with van der Waals surface area (Å²) in [4.78, 5) is 11.8. The van der Waals surface area contributed by atoms with Crippen molar-refractivity contribution in [2.45, 2.75) is 101 Å². The molecule has 1 aromatic heterocycles. The fourth-order valence-electron chi connectivity index (χ4n) is 8.52. The summed E-state index contributed by atoms with van der Waals surface area (Å²) in [6.45, 7) is 9.19. The summed E-state index contributed by atoms with van der Waals surface area (Å²) in [6, 6.07) is 8.34. The lowest BCUT2D eigenvalue weighted by atomic mass is 9.46. The van der Waals surface area contributed by atoms with Crippen LogP contribution in [0.2, 0.25) is 0 Å². The van der Waals surface area contributed by atoms with E-state index in [0.29, 0.717) is 30.6 Å². The molecular formula is C35H48O14. The summed E-state index contributed by atoms with van der Waals surface area (Å²) in [5.74, 6) is 0.0632. The van der Waals surface area contributed by atoms with Gasteiger partial charge >= 0.3 is 5.63 Å². The summed E-state index contributed by atoms with van der Waals surface area (Å²) in [5, 5.41) is 74.5. The van der Waals surface area contributed by atoms with E-state index in [1.54, 1.807) is 12.1 Å². The minimum atomic E-state index is -1.92. The van der Waals surface area contributed by atoms with Gasteiger partial charge < -0.3 is 63.8 Å².